The lowest BCUT2D eigenvalue weighted by Crippen LogP contribution is -2.52. The summed E-state index contributed by atoms with van der Waals surface area (Å²) in [4.78, 5) is 37.5. The third kappa shape index (κ3) is 10.4. The van der Waals surface area contributed by atoms with Crippen molar-refractivity contribution in [1.82, 2.24) is 10.6 Å². The van der Waals surface area contributed by atoms with Gasteiger partial charge in [-0.05, 0) is 36.5 Å². The van der Waals surface area contributed by atoms with E-state index in [1.807, 2.05) is 64.3 Å². The summed E-state index contributed by atoms with van der Waals surface area (Å²) in [6.45, 7) is 8.10. The Kier molecular flexibility index (Phi) is 11.4. The maximum absolute atomic E-state index is 12.8. The number of hydrogen-bond acceptors (Lipinski definition) is 5. The number of amides is 2. The predicted molar refractivity (Wildman–Crippen MR) is 118 cm³/mol. The van der Waals surface area contributed by atoms with Gasteiger partial charge in [-0.15, -0.1) is 0 Å². The molecule has 29 heavy (non-hydrogen) atoms. The zero-order chi connectivity index (χ0) is 21.8. The fraction of sp³-hybridized carbons (Fsp3) is 0.591. The van der Waals surface area contributed by atoms with E-state index in [0.717, 1.165) is 5.56 Å². The number of benzene rings is 1. The van der Waals surface area contributed by atoms with E-state index in [9.17, 15) is 14.4 Å². The Hall–Kier alpha value is -2.02. The third-order valence-electron chi connectivity index (χ3n) is 4.23. The van der Waals surface area contributed by atoms with Crippen LogP contribution >= 0.6 is 11.8 Å². The molecule has 1 aromatic rings. The zero-order valence-corrected chi connectivity index (χ0v) is 18.9. The number of carbonyl (C=O) groups is 3. The Morgan fingerprint density at radius 2 is 1.52 bits per heavy atom. The van der Waals surface area contributed by atoms with E-state index in [4.69, 9.17) is 4.74 Å². The lowest BCUT2D eigenvalue weighted by Gasteiger charge is -2.24. The second-order valence-electron chi connectivity index (χ2n) is 7.98. The number of carbonyl (C=O) groups excluding carboxylic acids is 3. The molecule has 6 nitrogen and oxygen atoms in total. The summed E-state index contributed by atoms with van der Waals surface area (Å²) in [5.74, 6) is 0.438. The molecule has 7 heteroatoms. The van der Waals surface area contributed by atoms with Crippen LogP contribution in [0, 0.1) is 11.8 Å². The average Bonchev–Trinajstić information content (AvgIpc) is 2.65. The zero-order valence-electron chi connectivity index (χ0n) is 18.1. The third-order valence-corrected chi connectivity index (χ3v) is 4.80. The van der Waals surface area contributed by atoms with Crippen LogP contribution in [0.2, 0.25) is 0 Å². The summed E-state index contributed by atoms with van der Waals surface area (Å²) in [5, 5.41) is 5.50. The maximum Gasteiger partial charge on any atom is 0.408 e. The van der Waals surface area contributed by atoms with Crippen molar-refractivity contribution >= 4 is 29.5 Å². The monoisotopic (exact) mass is 422 g/mol. The molecule has 0 heterocycles. The quantitative estimate of drug-likeness (QED) is 0.535. The average molecular weight is 423 g/mol. The molecular weight excluding hydrogens is 388 g/mol. The molecule has 1 aromatic carbocycles. The smallest absolute Gasteiger partial charge is 0.408 e. The van der Waals surface area contributed by atoms with Crippen molar-refractivity contribution in [1.29, 1.82) is 0 Å². The topological polar surface area (TPSA) is 84.5 Å². The normalized spacial score (nSPS) is 13.1. The molecule has 0 aliphatic rings. The molecule has 0 fully saturated rings. The fourth-order valence-corrected chi connectivity index (χ4v) is 3.35. The number of ether oxygens (including phenoxy) is 1. The van der Waals surface area contributed by atoms with Gasteiger partial charge in [0.25, 0.3) is 0 Å². The molecule has 0 spiro atoms. The van der Waals surface area contributed by atoms with Crippen LogP contribution in [0.1, 0.15) is 46.1 Å². The number of Topliss-reactive ketones (excluding diaryl/α,β-unsaturated/α-hetero) is 1. The largest absolute Gasteiger partial charge is 0.445 e. The molecule has 1 rings (SSSR count). The van der Waals surface area contributed by atoms with E-state index < -0.39 is 18.2 Å². The number of nitrogens with one attached hydrogen (secondary N) is 2. The van der Waals surface area contributed by atoms with Gasteiger partial charge < -0.3 is 15.4 Å². The van der Waals surface area contributed by atoms with Gasteiger partial charge in [-0.1, -0.05) is 58.0 Å². The van der Waals surface area contributed by atoms with Crippen LogP contribution in [-0.2, 0) is 20.9 Å². The van der Waals surface area contributed by atoms with Crippen LogP contribution in [-0.4, -0.2) is 41.9 Å². The van der Waals surface area contributed by atoms with Crippen molar-refractivity contribution in [3.05, 3.63) is 35.9 Å². The summed E-state index contributed by atoms with van der Waals surface area (Å²) in [5.41, 5.74) is 0.868. The maximum atomic E-state index is 12.8. The van der Waals surface area contributed by atoms with E-state index >= 15 is 0 Å². The van der Waals surface area contributed by atoms with Crippen LogP contribution in [0.3, 0.4) is 0 Å². The van der Waals surface area contributed by atoms with E-state index in [2.05, 4.69) is 10.6 Å². The van der Waals surface area contributed by atoms with E-state index in [-0.39, 0.29) is 30.1 Å². The molecule has 0 radical (unpaired) electrons. The highest BCUT2D eigenvalue weighted by Gasteiger charge is 2.28. The molecule has 2 amide bonds. The van der Waals surface area contributed by atoms with Crippen LogP contribution in [0.4, 0.5) is 4.79 Å². The molecule has 0 aliphatic carbocycles. The lowest BCUT2D eigenvalue weighted by molar-refractivity contribution is -0.128. The molecule has 0 aliphatic heterocycles. The van der Waals surface area contributed by atoms with Gasteiger partial charge in [-0.2, -0.15) is 11.8 Å². The number of hydrogen-bond donors (Lipinski definition) is 2. The van der Waals surface area contributed by atoms with Crippen molar-refractivity contribution in [2.24, 2.45) is 11.8 Å². The molecule has 0 saturated carbocycles. The van der Waals surface area contributed by atoms with Crippen LogP contribution in [0.5, 0.6) is 0 Å². The standard InChI is InChI=1S/C22H34N2O4S/c1-15(2)11-18(20(25)14-29-5)23-21(26)19(12-16(3)4)24-22(27)28-13-17-9-7-6-8-10-17/h6-10,15-16,18-19H,11-14H2,1-5H3,(H,23,26)(H,24,27). The Bertz CT molecular complexity index is 649. The summed E-state index contributed by atoms with van der Waals surface area (Å²) in [6.07, 6.45) is 2.23. The minimum absolute atomic E-state index is 0.00509. The predicted octanol–water partition coefficient (Wildman–Crippen LogP) is 3.79. The molecule has 0 saturated heterocycles. The van der Waals surface area contributed by atoms with Crippen LogP contribution < -0.4 is 10.6 Å². The summed E-state index contributed by atoms with van der Waals surface area (Å²) >= 11 is 1.44. The second-order valence-corrected chi connectivity index (χ2v) is 8.84. The first-order chi connectivity index (χ1) is 13.7. The van der Waals surface area contributed by atoms with Gasteiger partial charge >= 0.3 is 6.09 Å². The molecule has 2 atom stereocenters. The Balaban J connectivity index is 2.74. The van der Waals surface area contributed by atoms with Gasteiger partial charge in [0.2, 0.25) is 5.91 Å². The minimum Gasteiger partial charge on any atom is -0.445 e. The minimum atomic E-state index is -0.755. The number of alkyl carbamates (subject to hydrolysis) is 1. The fourth-order valence-electron chi connectivity index (χ4n) is 2.87. The molecular formula is C22H34N2O4S. The molecule has 0 aromatic heterocycles. The Labute approximate surface area is 178 Å². The Morgan fingerprint density at radius 3 is 2.07 bits per heavy atom. The molecule has 2 N–H and O–H groups in total. The van der Waals surface area contributed by atoms with Gasteiger partial charge in [-0.25, -0.2) is 4.79 Å². The Morgan fingerprint density at radius 1 is 0.931 bits per heavy atom. The van der Waals surface area contributed by atoms with Gasteiger partial charge in [0.15, 0.2) is 5.78 Å². The molecule has 162 valence electrons. The number of rotatable bonds is 12. The SMILES string of the molecule is CSCC(=O)C(CC(C)C)NC(=O)C(CC(C)C)NC(=O)OCc1ccccc1. The van der Waals surface area contributed by atoms with Gasteiger partial charge in [0, 0.05) is 0 Å². The molecule has 2 unspecified atom stereocenters. The highest BCUT2D eigenvalue weighted by molar-refractivity contribution is 7.99. The lowest BCUT2D eigenvalue weighted by atomic mass is 9.99. The van der Waals surface area contributed by atoms with E-state index in [1.54, 1.807) is 0 Å². The molecule has 0 bridgehead atoms. The first kappa shape index (κ1) is 25.0. The highest BCUT2D eigenvalue weighted by atomic mass is 32.2. The van der Waals surface area contributed by atoms with Crippen LogP contribution in [0.15, 0.2) is 30.3 Å². The summed E-state index contributed by atoms with van der Waals surface area (Å²) in [7, 11) is 0. The summed E-state index contributed by atoms with van der Waals surface area (Å²) < 4.78 is 5.25. The second kappa shape index (κ2) is 13.2. The van der Waals surface area contributed by atoms with E-state index in [0.29, 0.717) is 18.6 Å². The van der Waals surface area contributed by atoms with Crippen molar-refractivity contribution in [2.45, 2.75) is 59.2 Å². The van der Waals surface area contributed by atoms with Gasteiger partial charge in [0.1, 0.15) is 12.6 Å². The highest BCUT2D eigenvalue weighted by Crippen LogP contribution is 2.11. The number of ketones is 1. The van der Waals surface area contributed by atoms with Crippen molar-refractivity contribution in [3.63, 3.8) is 0 Å². The van der Waals surface area contributed by atoms with Gasteiger partial charge in [0.05, 0.1) is 11.8 Å². The summed E-state index contributed by atoms with van der Waals surface area (Å²) in [6, 6.07) is 8.04. The van der Waals surface area contributed by atoms with Crippen LogP contribution in [0.25, 0.3) is 0 Å². The van der Waals surface area contributed by atoms with Crippen molar-refractivity contribution < 1.29 is 19.1 Å². The van der Waals surface area contributed by atoms with Crippen molar-refractivity contribution in [3.8, 4) is 0 Å². The first-order valence-electron chi connectivity index (χ1n) is 10.0. The van der Waals surface area contributed by atoms with E-state index in [1.165, 1.54) is 11.8 Å². The van der Waals surface area contributed by atoms with Crippen molar-refractivity contribution in [2.75, 3.05) is 12.0 Å². The first-order valence-corrected chi connectivity index (χ1v) is 11.4. The number of thioether (sulfide) groups is 1. The van der Waals surface area contributed by atoms with Gasteiger partial charge in [-0.3, -0.25) is 9.59 Å².